The van der Waals surface area contributed by atoms with Gasteiger partial charge in [0, 0.05) is 5.69 Å². The summed E-state index contributed by atoms with van der Waals surface area (Å²) in [5.41, 5.74) is 3.21. The zero-order valence-electron chi connectivity index (χ0n) is 14.0. The molecule has 2 aromatic carbocycles. The number of rotatable bonds is 6. The summed E-state index contributed by atoms with van der Waals surface area (Å²) in [4.78, 5) is 23.5. The molecule has 0 atom stereocenters. The van der Waals surface area contributed by atoms with Crippen LogP contribution in [0.2, 0.25) is 0 Å². The monoisotopic (exact) mass is 338 g/mol. The van der Waals surface area contributed by atoms with Crippen molar-refractivity contribution in [2.75, 3.05) is 18.5 Å². The van der Waals surface area contributed by atoms with Gasteiger partial charge in [0.15, 0.2) is 13.2 Å². The minimum absolute atomic E-state index is 0.317. The fourth-order valence-electron chi connectivity index (χ4n) is 2.03. The van der Waals surface area contributed by atoms with Gasteiger partial charge in [-0.25, -0.2) is 4.79 Å². The Kier molecular flexibility index (Phi) is 6.13. The number of anilines is 1. The molecule has 2 aromatic rings. The number of ether oxygens (including phenoxy) is 2. The zero-order valence-corrected chi connectivity index (χ0v) is 14.0. The molecular weight excluding hydrogens is 320 g/mol. The smallest absolute Gasteiger partial charge is 0.344 e. The molecule has 1 N–H and O–H groups in total. The third-order valence-corrected chi connectivity index (χ3v) is 3.58. The van der Waals surface area contributed by atoms with E-state index in [9.17, 15) is 9.59 Å². The van der Waals surface area contributed by atoms with E-state index in [-0.39, 0.29) is 13.2 Å². The van der Waals surface area contributed by atoms with Crippen LogP contribution >= 0.6 is 0 Å². The number of aryl methyl sites for hydroxylation is 1. The Bertz CT molecular complexity index is 807. The highest BCUT2D eigenvalue weighted by molar-refractivity contribution is 5.93. The van der Waals surface area contributed by atoms with Crippen LogP contribution in [0.4, 0.5) is 5.69 Å². The Morgan fingerprint density at radius 3 is 2.48 bits per heavy atom. The van der Waals surface area contributed by atoms with Crippen LogP contribution in [0.25, 0.3) is 0 Å². The van der Waals surface area contributed by atoms with Gasteiger partial charge in [0.2, 0.25) is 0 Å². The first kappa shape index (κ1) is 18.0. The maximum Gasteiger partial charge on any atom is 0.344 e. The molecule has 0 heterocycles. The van der Waals surface area contributed by atoms with Gasteiger partial charge in [0.05, 0.1) is 11.6 Å². The van der Waals surface area contributed by atoms with E-state index in [0.717, 1.165) is 11.1 Å². The molecule has 0 radical (unpaired) electrons. The number of carbonyl (C=O) groups excluding carboxylic acids is 2. The molecule has 0 fully saturated rings. The predicted octanol–water partition coefficient (Wildman–Crippen LogP) is 2.74. The molecular formula is C19H18N2O4. The van der Waals surface area contributed by atoms with Crippen molar-refractivity contribution in [3.05, 3.63) is 59.2 Å². The van der Waals surface area contributed by atoms with E-state index in [1.807, 2.05) is 32.0 Å². The van der Waals surface area contributed by atoms with Crippen LogP contribution in [0.3, 0.4) is 0 Å². The van der Waals surface area contributed by atoms with Crippen molar-refractivity contribution < 1.29 is 19.1 Å². The number of nitrogens with zero attached hydrogens (tertiary/aromatic N) is 1. The van der Waals surface area contributed by atoms with Gasteiger partial charge in [0.1, 0.15) is 5.75 Å². The highest BCUT2D eigenvalue weighted by Gasteiger charge is 2.10. The van der Waals surface area contributed by atoms with Crippen LogP contribution in [0.15, 0.2) is 42.5 Å². The van der Waals surface area contributed by atoms with Gasteiger partial charge in [-0.1, -0.05) is 12.1 Å². The van der Waals surface area contributed by atoms with Crippen molar-refractivity contribution in [2.24, 2.45) is 0 Å². The molecule has 0 spiro atoms. The lowest BCUT2D eigenvalue weighted by atomic mass is 10.1. The van der Waals surface area contributed by atoms with Gasteiger partial charge >= 0.3 is 5.97 Å². The molecule has 0 saturated carbocycles. The molecule has 0 saturated heterocycles. The van der Waals surface area contributed by atoms with Crippen LogP contribution < -0.4 is 10.1 Å². The number of nitrogens with one attached hydrogen (secondary N) is 1. The van der Waals surface area contributed by atoms with Crippen molar-refractivity contribution in [3.8, 4) is 11.8 Å². The summed E-state index contributed by atoms with van der Waals surface area (Å²) >= 11 is 0. The van der Waals surface area contributed by atoms with Crippen molar-refractivity contribution in [1.29, 1.82) is 5.26 Å². The quantitative estimate of drug-likeness (QED) is 0.818. The lowest BCUT2D eigenvalue weighted by Crippen LogP contribution is -2.24. The van der Waals surface area contributed by atoms with E-state index in [0.29, 0.717) is 17.0 Å². The lowest BCUT2D eigenvalue weighted by molar-refractivity contribution is -0.149. The second-order valence-corrected chi connectivity index (χ2v) is 5.38. The lowest BCUT2D eigenvalue weighted by Gasteiger charge is -2.11. The van der Waals surface area contributed by atoms with E-state index in [4.69, 9.17) is 14.7 Å². The number of carbonyl (C=O) groups is 2. The maximum absolute atomic E-state index is 11.9. The van der Waals surface area contributed by atoms with Crippen LogP contribution in [-0.2, 0) is 14.3 Å². The second kappa shape index (κ2) is 8.50. The molecule has 25 heavy (non-hydrogen) atoms. The fraction of sp³-hybridized carbons (Fsp3) is 0.211. The Balaban J connectivity index is 1.76. The first-order chi connectivity index (χ1) is 12.0. The Hall–Kier alpha value is -3.33. The normalized spacial score (nSPS) is 9.80. The van der Waals surface area contributed by atoms with Gasteiger partial charge in [-0.15, -0.1) is 0 Å². The number of nitriles is 1. The highest BCUT2D eigenvalue weighted by atomic mass is 16.6. The molecule has 0 aliphatic rings. The molecule has 0 aliphatic carbocycles. The van der Waals surface area contributed by atoms with E-state index in [1.165, 1.54) is 0 Å². The average molecular weight is 338 g/mol. The minimum atomic E-state index is -0.652. The zero-order chi connectivity index (χ0) is 18.2. The topological polar surface area (TPSA) is 88.4 Å². The summed E-state index contributed by atoms with van der Waals surface area (Å²) in [6.07, 6.45) is 0. The van der Waals surface area contributed by atoms with Crippen molar-refractivity contribution in [2.45, 2.75) is 13.8 Å². The summed E-state index contributed by atoms with van der Waals surface area (Å²) in [6, 6.07) is 13.9. The standard InChI is InChI=1S/C19H18N2O4/c1-13-4-3-5-17(14(13)2)21-18(22)11-25-19(23)12-24-16-8-6-15(10-20)7-9-16/h3-9H,11-12H2,1-2H3,(H,21,22). The van der Waals surface area contributed by atoms with Crippen molar-refractivity contribution in [3.63, 3.8) is 0 Å². The molecule has 128 valence electrons. The number of amides is 1. The molecule has 0 unspecified atom stereocenters. The van der Waals surface area contributed by atoms with Crippen LogP contribution in [0, 0.1) is 25.2 Å². The van der Waals surface area contributed by atoms with E-state index >= 15 is 0 Å². The van der Waals surface area contributed by atoms with Gasteiger partial charge < -0.3 is 14.8 Å². The molecule has 6 heteroatoms. The van der Waals surface area contributed by atoms with Crippen LogP contribution in [0.5, 0.6) is 5.75 Å². The van der Waals surface area contributed by atoms with E-state index in [1.54, 1.807) is 30.3 Å². The van der Waals surface area contributed by atoms with E-state index in [2.05, 4.69) is 5.32 Å². The predicted molar refractivity (Wildman–Crippen MR) is 92.2 cm³/mol. The van der Waals surface area contributed by atoms with Crippen LogP contribution in [-0.4, -0.2) is 25.1 Å². The molecule has 2 rings (SSSR count). The van der Waals surface area contributed by atoms with Crippen molar-refractivity contribution >= 4 is 17.6 Å². The Morgan fingerprint density at radius 2 is 1.80 bits per heavy atom. The number of esters is 1. The Labute approximate surface area is 146 Å². The van der Waals surface area contributed by atoms with Gasteiger partial charge in [-0.05, 0) is 55.3 Å². The average Bonchev–Trinajstić information content (AvgIpc) is 2.62. The number of benzene rings is 2. The second-order valence-electron chi connectivity index (χ2n) is 5.38. The molecule has 0 bridgehead atoms. The Morgan fingerprint density at radius 1 is 1.08 bits per heavy atom. The summed E-state index contributed by atoms with van der Waals surface area (Å²) in [6.45, 7) is 3.15. The summed E-state index contributed by atoms with van der Waals surface area (Å²) < 4.78 is 10.1. The SMILES string of the molecule is Cc1cccc(NC(=O)COC(=O)COc2ccc(C#N)cc2)c1C. The maximum atomic E-state index is 11.9. The van der Waals surface area contributed by atoms with Gasteiger partial charge in [0.25, 0.3) is 5.91 Å². The minimum Gasteiger partial charge on any atom is -0.482 e. The highest BCUT2D eigenvalue weighted by Crippen LogP contribution is 2.17. The first-order valence-electron chi connectivity index (χ1n) is 7.64. The van der Waals surface area contributed by atoms with E-state index < -0.39 is 11.9 Å². The fourth-order valence-corrected chi connectivity index (χ4v) is 2.03. The summed E-state index contributed by atoms with van der Waals surface area (Å²) in [7, 11) is 0. The third kappa shape index (κ3) is 5.36. The van der Waals surface area contributed by atoms with Crippen molar-refractivity contribution in [1.82, 2.24) is 0 Å². The number of hydrogen-bond acceptors (Lipinski definition) is 5. The third-order valence-electron chi connectivity index (χ3n) is 3.58. The largest absolute Gasteiger partial charge is 0.482 e. The molecule has 1 amide bonds. The van der Waals surface area contributed by atoms with Crippen LogP contribution in [0.1, 0.15) is 16.7 Å². The first-order valence-corrected chi connectivity index (χ1v) is 7.64. The van der Waals surface area contributed by atoms with Gasteiger partial charge in [-0.2, -0.15) is 5.26 Å². The molecule has 6 nitrogen and oxygen atoms in total. The van der Waals surface area contributed by atoms with Gasteiger partial charge in [-0.3, -0.25) is 4.79 Å². The molecule has 0 aliphatic heterocycles. The summed E-state index contributed by atoms with van der Waals surface area (Å²) in [5.74, 6) is -0.628. The summed E-state index contributed by atoms with van der Waals surface area (Å²) in [5, 5.41) is 11.4. The molecule has 0 aromatic heterocycles. The number of hydrogen-bond donors (Lipinski definition) is 1.